The maximum atomic E-state index is 12.2. The van der Waals surface area contributed by atoms with E-state index in [0.717, 1.165) is 43.7 Å². The summed E-state index contributed by atoms with van der Waals surface area (Å²) in [5, 5.41) is 5.94. The quantitative estimate of drug-likeness (QED) is 0.865. The summed E-state index contributed by atoms with van der Waals surface area (Å²) < 4.78 is 11.3. The highest BCUT2D eigenvalue weighted by Crippen LogP contribution is 2.22. The number of ether oxygens (including phenoxy) is 2. The van der Waals surface area contributed by atoms with Crippen molar-refractivity contribution >= 4 is 11.7 Å². The van der Waals surface area contributed by atoms with Gasteiger partial charge in [0.1, 0.15) is 12.4 Å². The summed E-state index contributed by atoms with van der Waals surface area (Å²) in [6, 6.07) is 15.8. The van der Waals surface area contributed by atoms with Crippen LogP contribution in [0.4, 0.5) is 10.5 Å². The molecular weight excluding hydrogens is 328 g/mol. The van der Waals surface area contributed by atoms with Crippen LogP contribution in [0, 0.1) is 0 Å². The zero-order chi connectivity index (χ0) is 17.8. The van der Waals surface area contributed by atoms with Crippen molar-refractivity contribution in [1.82, 2.24) is 5.32 Å². The van der Waals surface area contributed by atoms with Crippen LogP contribution >= 0.6 is 0 Å². The molecule has 5 nitrogen and oxygen atoms in total. The standard InChI is InChI=1S/C21H24N2O3/c24-21(23-18-12-15-4-1-2-5-16(15)13-18)22-17-7-9-19(10-8-17)26-14-20-6-3-11-25-20/h1-2,4-5,7-10,18,20H,3,6,11-14H2,(H2,22,23,24). The highest BCUT2D eigenvalue weighted by Gasteiger charge is 2.22. The van der Waals surface area contributed by atoms with Gasteiger partial charge in [-0.05, 0) is 61.1 Å². The molecule has 4 rings (SSSR count). The second kappa shape index (κ2) is 7.79. The molecule has 2 aromatic carbocycles. The van der Waals surface area contributed by atoms with Crippen molar-refractivity contribution in [2.75, 3.05) is 18.5 Å². The van der Waals surface area contributed by atoms with Crippen molar-refractivity contribution in [2.45, 2.75) is 37.8 Å². The summed E-state index contributed by atoms with van der Waals surface area (Å²) >= 11 is 0. The second-order valence-electron chi connectivity index (χ2n) is 6.94. The van der Waals surface area contributed by atoms with Gasteiger partial charge >= 0.3 is 6.03 Å². The molecule has 2 N–H and O–H groups in total. The number of benzene rings is 2. The van der Waals surface area contributed by atoms with E-state index in [0.29, 0.717) is 6.61 Å². The number of carbonyl (C=O) groups excluding carboxylic acids is 1. The first-order valence-corrected chi connectivity index (χ1v) is 9.25. The van der Waals surface area contributed by atoms with Crippen molar-refractivity contribution in [3.05, 3.63) is 59.7 Å². The molecule has 2 aromatic rings. The fourth-order valence-corrected chi connectivity index (χ4v) is 3.61. The molecule has 1 fully saturated rings. The third-order valence-electron chi connectivity index (χ3n) is 4.96. The van der Waals surface area contributed by atoms with Crippen LogP contribution in [-0.2, 0) is 17.6 Å². The number of nitrogens with one attached hydrogen (secondary N) is 2. The molecule has 0 aromatic heterocycles. The van der Waals surface area contributed by atoms with Crippen molar-refractivity contribution in [3.8, 4) is 5.75 Å². The minimum Gasteiger partial charge on any atom is -0.491 e. The number of hydrogen-bond donors (Lipinski definition) is 2. The topological polar surface area (TPSA) is 59.6 Å². The predicted octanol–water partition coefficient (Wildman–Crippen LogP) is 3.53. The molecule has 1 saturated heterocycles. The summed E-state index contributed by atoms with van der Waals surface area (Å²) in [7, 11) is 0. The van der Waals surface area contributed by atoms with Gasteiger partial charge in [0.15, 0.2) is 0 Å². The number of fused-ring (bicyclic) bond motifs is 1. The van der Waals surface area contributed by atoms with E-state index in [1.807, 2.05) is 36.4 Å². The number of anilines is 1. The smallest absolute Gasteiger partial charge is 0.319 e. The van der Waals surface area contributed by atoms with Gasteiger partial charge in [-0.25, -0.2) is 4.79 Å². The molecule has 1 atom stereocenters. The molecule has 0 bridgehead atoms. The Hall–Kier alpha value is -2.53. The molecule has 5 heteroatoms. The maximum Gasteiger partial charge on any atom is 0.319 e. The van der Waals surface area contributed by atoms with Gasteiger partial charge in [-0.2, -0.15) is 0 Å². The summed E-state index contributed by atoms with van der Waals surface area (Å²) in [6.07, 6.45) is 4.15. The Morgan fingerprint density at radius 2 is 1.81 bits per heavy atom. The van der Waals surface area contributed by atoms with E-state index >= 15 is 0 Å². The van der Waals surface area contributed by atoms with E-state index in [1.165, 1.54) is 11.1 Å². The zero-order valence-corrected chi connectivity index (χ0v) is 14.7. The molecule has 136 valence electrons. The molecule has 26 heavy (non-hydrogen) atoms. The van der Waals surface area contributed by atoms with E-state index in [9.17, 15) is 4.79 Å². The van der Waals surface area contributed by atoms with Gasteiger partial charge in [-0.1, -0.05) is 24.3 Å². The second-order valence-corrected chi connectivity index (χ2v) is 6.94. The summed E-state index contributed by atoms with van der Waals surface area (Å²) in [5.74, 6) is 0.790. The summed E-state index contributed by atoms with van der Waals surface area (Å²) in [6.45, 7) is 1.41. The van der Waals surface area contributed by atoms with Crippen LogP contribution < -0.4 is 15.4 Å². The van der Waals surface area contributed by atoms with Gasteiger partial charge in [0, 0.05) is 18.3 Å². The molecule has 1 aliphatic carbocycles. The molecule has 1 aliphatic heterocycles. The van der Waals surface area contributed by atoms with E-state index < -0.39 is 0 Å². The lowest BCUT2D eigenvalue weighted by molar-refractivity contribution is 0.0679. The van der Waals surface area contributed by atoms with Crippen LogP contribution in [-0.4, -0.2) is 31.4 Å². The normalized spacial score (nSPS) is 19.2. The van der Waals surface area contributed by atoms with E-state index in [-0.39, 0.29) is 18.2 Å². The van der Waals surface area contributed by atoms with Crippen LogP contribution in [0.15, 0.2) is 48.5 Å². The number of rotatable bonds is 5. The number of carbonyl (C=O) groups is 1. The third-order valence-corrected chi connectivity index (χ3v) is 4.96. The van der Waals surface area contributed by atoms with Crippen molar-refractivity contribution in [2.24, 2.45) is 0 Å². The maximum absolute atomic E-state index is 12.2. The summed E-state index contributed by atoms with van der Waals surface area (Å²) in [5.41, 5.74) is 3.40. The Bertz CT molecular complexity index is 729. The van der Waals surface area contributed by atoms with Crippen LogP contribution in [0.25, 0.3) is 0 Å². The van der Waals surface area contributed by atoms with Crippen LogP contribution in [0.1, 0.15) is 24.0 Å². The highest BCUT2D eigenvalue weighted by atomic mass is 16.5. The molecular formula is C21H24N2O3. The van der Waals surface area contributed by atoms with Crippen molar-refractivity contribution in [1.29, 1.82) is 0 Å². The average molecular weight is 352 g/mol. The first-order valence-electron chi connectivity index (χ1n) is 9.25. The fourth-order valence-electron chi connectivity index (χ4n) is 3.61. The first-order chi connectivity index (χ1) is 12.8. The van der Waals surface area contributed by atoms with Gasteiger partial charge in [0.25, 0.3) is 0 Å². The molecule has 0 spiro atoms. The minimum atomic E-state index is -0.171. The number of urea groups is 1. The lowest BCUT2D eigenvalue weighted by Crippen LogP contribution is -2.38. The Kier molecular flexibility index (Phi) is 5.07. The van der Waals surface area contributed by atoms with Crippen molar-refractivity contribution < 1.29 is 14.3 Å². The van der Waals surface area contributed by atoms with Crippen molar-refractivity contribution in [3.63, 3.8) is 0 Å². The molecule has 2 amide bonds. The van der Waals surface area contributed by atoms with Gasteiger partial charge in [0.05, 0.1) is 6.10 Å². The largest absolute Gasteiger partial charge is 0.491 e. The van der Waals surface area contributed by atoms with E-state index in [4.69, 9.17) is 9.47 Å². The van der Waals surface area contributed by atoms with E-state index in [2.05, 4.69) is 22.8 Å². The first kappa shape index (κ1) is 16.9. The monoisotopic (exact) mass is 352 g/mol. The minimum absolute atomic E-state index is 0.154. The number of hydrogen-bond acceptors (Lipinski definition) is 3. The molecule has 0 saturated carbocycles. The number of amides is 2. The summed E-state index contributed by atoms with van der Waals surface area (Å²) in [4.78, 5) is 12.2. The zero-order valence-electron chi connectivity index (χ0n) is 14.7. The van der Waals surface area contributed by atoms with E-state index in [1.54, 1.807) is 0 Å². The van der Waals surface area contributed by atoms with Crippen LogP contribution in [0.3, 0.4) is 0 Å². The van der Waals surface area contributed by atoms with Gasteiger partial charge in [0.2, 0.25) is 0 Å². The van der Waals surface area contributed by atoms with Crippen LogP contribution in [0.5, 0.6) is 5.75 Å². The average Bonchev–Trinajstić information content (AvgIpc) is 3.30. The van der Waals surface area contributed by atoms with Gasteiger partial charge < -0.3 is 20.1 Å². The van der Waals surface area contributed by atoms with Gasteiger partial charge in [-0.15, -0.1) is 0 Å². The van der Waals surface area contributed by atoms with Crippen LogP contribution in [0.2, 0.25) is 0 Å². The lowest BCUT2D eigenvalue weighted by Gasteiger charge is -2.14. The molecule has 1 unspecified atom stereocenters. The SMILES string of the molecule is O=C(Nc1ccc(OCC2CCCO2)cc1)NC1Cc2ccccc2C1. The Morgan fingerprint density at radius 1 is 1.08 bits per heavy atom. The lowest BCUT2D eigenvalue weighted by atomic mass is 10.1. The highest BCUT2D eigenvalue weighted by molar-refractivity contribution is 5.89. The Labute approximate surface area is 153 Å². The third kappa shape index (κ3) is 4.17. The van der Waals surface area contributed by atoms with Gasteiger partial charge in [-0.3, -0.25) is 0 Å². The molecule has 1 heterocycles. The Balaban J connectivity index is 1.24. The predicted molar refractivity (Wildman–Crippen MR) is 101 cm³/mol. The molecule has 0 radical (unpaired) electrons. The Morgan fingerprint density at radius 3 is 2.46 bits per heavy atom. The fraction of sp³-hybridized carbons (Fsp3) is 0.381. The molecule has 2 aliphatic rings.